The Hall–Kier alpha value is -1.95. The Morgan fingerprint density at radius 1 is 1.29 bits per heavy atom. The van der Waals surface area contributed by atoms with Gasteiger partial charge in [0.25, 0.3) is 0 Å². The first-order chi connectivity index (χ1) is 8.18. The summed E-state index contributed by atoms with van der Waals surface area (Å²) < 4.78 is 13.4. The second-order valence-corrected chi connectivity index (χ2v) is 4.12. The second-order valence-electron chi connectivity index (χ2n) is 3.09. The van der Waals surface area contributed by atoms with Gasteiger partial charge in [-0.1, -0.05) is 23.9 Å². The summed E-state index contributed by atoms with van der Waals surface area (Å²) in [6, 6.07) is 7.42. The van der Waals surface area contributed by atoms with E-state index in [-0.39, 0.29) is 10.6 Å². The van der Waals surface area contributed by atoms with Gasteiger partial charge in [0.1, 0.15) is 10.8 Å². The van der Waals surface area contributed by atoms with E-state index < -0.39 is 11.8 Å². The van der Waals surface area contributed by atoms with E-state index in [4.69, 9.17) is 5.11 Å². The molecule has 4 nitrogen and oxygen atoms in total. The average Bonchev–Trinajstić information content (AvgIpc) is 2.32. The van der Waals surface area contributed by atoms with Crippen LogP contribution in [-0.4, -0.2) is 21.3 Å². The highest BCUT2D eigenvalue weighted by Gasteiger charge is 2.14. The molecule has 0 saturated heterocycles. The molecule has 0 aliphatic heterocycles. The minimum atomic E-state index is -1.11. The van der Waals surface area contributed by atoms with Gasteiger partial charge >= 0.3 is 5.97 Å². The fourth-order valence-corrected chi connectivity index (χ4v) is 2.06. The highest BCUT2D eigenvalue weighted by atomic mass is 32.2. The number of hydrogen-bond acceptors (Lipinski definition) is 4. The first kappa shape index (κ1) is 11.5. The molecule has 0 aliphatic rings. The van der Waals surface area contributed by atoms with Crippen LogP contribution in [0.25, 0.3) is 0 Å². The third-order valence-corrected chi connectivity index (χ3v) is 3.01. The van der Waals surface area contributed by atoms with Crippen molar-refractivity contribution >= 4 is 17.7 Å². The monoisotopic (exact) mass is 250 g/mol. The highest BCUT2D eigenvalue weighted by molar-refractivity contribution is 7.99. The van der Waals surface area contributed by atoms with Gasteiger partial charge in [-0.2, -0.15) is 5.10 Å². The SMILES string of the molecule is O=C(O)c1ccnnc1Sc1ccccc1F. The fraction of sp³-hybridized carbons (Fsp3) is 0. The molecule has 0 saturated carbocycles. The zero-order chi connectivity index (χ0) is 12.3. The van der Waals surface area contributed by atoms with E-state index in [0.29, 0.717) is 4.90 Å². The van der Waals surface area contributed by atoms with Gasteiger partial charge in [-0.25, -0.2) is 9.18 Å². The van der Waals surface area contributed by atoms with Crippen LogP contribution >= 0.6 is 11.8 Å². The predicted molar refractivity (Wildman–Crippen MR) is 59.5 cm³/mol. The number of carboxylic acids is 1. The molecule has 1 aromatic carbocycles. The number of aromatic carboxylic acids is 1. The normalized spacial score (nSPS) is 10.2. The summed E-state index contributed by atoms with van der Waals surface area (Å²) in [5.41, 5.74) is 0.00764. The molecule has 1 N–H and O–H groups in total. The summed E-state index contributed by atoms with van der Waals surface area (Å²) in [7, 11) is 0. The van der Waals surface area contributed by atoms with Crippen molar-refractivity contribution in [1.82, 2.24) is 10.2 Å². The molecule has 1 aromatic heterocycles. The molecule has 1 heterocycles. The average molecular weight is 250 g/mol. The van der Waals surface area contributed by atoms with E-state index in [0.717, 1.165) is 11.8 Å². The molecule has 2 aromatic rings. The van der Waals surface area contributed by atoms with E-state index in [1.807, 2.05) is 0 Å². The molecule has 0 atom stereocenters. The van der Waals surface area contributed by atoms with E-state index >= 15 is 0 Å². The molecule has 0 radical (unpaired) electrons. The topological polar surface area (TPSA) is 63.1 Å². The maximum atomic E-state index is 13.4. The van der Waals surface area contributed by atoms with Crippen LogP contribution in [0.5, 0.6) is 0 Å². The van der Waals surface area contributed by atoms with Gasteiger partial charge in [0, 0.05) is 4.90 Å². The number of halogens is 1. The van der Waals surface area contributed by atoms with Crippen LogP contribution in [0.15, 0.2) is 46.5 Å². The molecular weight excluding hydrogens is 243 g/mol. The summed E-state index contributed by atoms with van der Waals surface area (Å²) >= 11 is 0.940. The Balaban J connectivity index is 2.37. The van der Waals surface area contributed by atoms with Crippen LogP contribution in [0, 0.1) is 5.82 Å². The molecule has 6 heteroatoms. The maximum absolute atomic E-state index is 13.4. The van der Waals surface area contributed by atoms with Gasteiger partial charge in [0.05, 0.1) is 11.8 Å². The van der Waals surface area contributed by atoms with Crippen molar-refractivity contribution in [2.24, 2.45) is 0 Å². The Morgan fingerprint density at radius 2 is 2.06 bits per heavy atom. The van der Waals surface area contributed by atoms with Crippen molar-refractivity contribution in [3.05, 3.63) is 47.9 Å². The highest BCUT2D eigenvalue weighted by Crippen LogP contribution is 2.29. The first-order valence-electron chi connectivity index (χ1n) is 4.66. The lowest BCUT2D eigenvalue weighted by Crippen LogP contribution is -2.01. The predicted octanol–water partition coefficient (Wildman–Crippen LogP) is 2.47. The van der Waals surface area contributed by atoms with Crippen molar-refractivity contribution < 1.29 is 14.3 Å². The van der Waals surface area contributed by atoms with Crippen molar-refractivity contribution in [3.8, 4) is 0 Å². The Kier molecular flexibility index (Phi) is 3.34. The van der Waals surface area contributed by atoms with Crippen molar-refractivity contribution in [2.75, 3.05) is 0 Å². The molecule has 86 valence electrons. The number of nitrogens with zero attached hydrogens (tertiary/aromatic N) is 2. The number of carbonyl (C=O) groups is 1. The number of aromatic nitrogens is 2. The van der Waals surface area contributed by atoms with Gasteiger partial charge in [-0.05, 0) is 18.2 Å². The smallest absolute Gasteiger partial charge is 0.338 e. The molecule has 17 heavy (non-hydrogen) atoms. The van der Waals surface area contributed by atoms with Gasteiger partial charge in [-0.15, -0.1) is 5.10 Å². The van der Waals surface area contributed by atoms with Gasteiger partial charge in [0.15, 0.2) is 0 Å². The molecular formula is C11H7FN2O2S. The number of hydrogen-bond donors (Lipinski definition) is 1. The second kappa shape index (κ2) is 4.92. The Morgan fingerprint density at radius 3 is 2.76 bits per heavy atom. The van der Waals surface area contributed by atoms with Crippen LogP contribution in [0.1, 0.15) is 10.4 Å². The molecule has 0 bridgehead atoms. The Labute approximate surface area is 101 Å². The van der Waals surface area contributed by atoms with Crippen LogP contribution in [0.4, 0.5) is 4.39 Å². The summed E-state index contributed by atoms with van der Waals surface area (Å²) in [6.45, 7) is 0. The van der Waals surface area contributed by atoms with Crippen molar-refractivity contribution in [1.29, 1.82) is 0 Å². The van der Waals surface area contributed by atoms with Gasteiger partial charge in [0.2, 0.25) is 0 Å². The zero-order valence-electron chi connectivity index (χ0n) is 8.50. The molecule has 0 fully saturated rings. The zero-order valence-corrected chi connectivity index (χ0v) is 9.32. The minimum Gasteiger partial charge on any atom is -0.478 e. The molecule has 0 amide bonds. The summed E-state index contributed by atoms with van der Waals surface area (Å²) in [5.74, 6) is -1.53. The standard InChI is InChI=1S/C11H7FN2O2S/c12-8-3-1-2-4-9(8)17-10-7(11(15)16)5-6-13-14-10/h1-6H,(H,15,16). The number of benzene rings is 1. The fourth-order valence-electron chi connectivity index (χ4n) is 1.19. The van der Waals surface area contributed by atoms with Crippen molar-refractivity contribution in [3.63, 3.8) is 0 Å². The molecule has 0 unspecified atom stereocenters. The lowest BCUT2D eigenvalue weighted by atomic mass is 10.3. The van der Waals surface area contributed by atoms with E-state index in [9.17, 15) is 9.18 Å². The van der Waals surface area contributed by atoms with Crippen LogP contribution < -0.4 is 0 Å². The van der Waals surface area contributed by atoms with E-state index in [1.165, 1.54) is 18.3 Å². The number of rotatable bonds is 3. The minimum absolute atomic E-state index is 0.00764. The lowest BCUT2D eigenvalue weighted by molar-refractivity contribution is 0.0692. The van der Waals surface area contributed by atoms with Gasteiger partial charge in [-0.3, -0.25) is 0 Å². The maximum Gasteiger partial charge on any atom is 0.338 e. The van der Waals surface area contributed by atoms with Gasteiger partial charge < -0.3 is 5.11 Å². The summed E-state index contributed by atoms with van der Waals surface area (Å²) in [4.78, 5) is 11.2. The third-order valence-electron chi connectivity index (χ3n) is 1.96. The molecule has 0 aliphatic carbocycles. The van der Waals surface area contributed by atoms with Crippen molar-refractivity contribution in [2.45, 2.75) is 9.92 Å². The summed E-state index contributed by atoms with van der Waals surface area (Å²) in [5, 5.41) is 16.4. The van der Waals surface area contributed by atoms with E-state index in [2.05, 4.69) is 10.2 Å². The molecule has 2 rings (SSSR count). The van der Waals surface area contributed by atoms with Crippen LogP contribution in [-0.2, 0) is 0 Å². The molecule has 0 spiro atoms. The Bertz CT molecular complexity index is 563. The van der Waals surface area contributed by atoms with Crippen LogP contribution in [0.2, 0.25) is 0 Å². The quantitative estimate of drug-likeness (QED) is 0.906. The third kappa shape index (κ3) is 2.59. The largest absolute Gasteiger partial charge is 0.478 e. The van der Waals surface area contributed by atoms with E-state index in [1.54, 1.807) is 18.2 Å². The lowest BCUT2D eigenvalue weighted by Gasteiger charge is -2.03. The first-order valence-corrected chi connectivity index (χ1v) is 5.47. The summed E-state index contributed by atoms with van der Waals surface area (Å²) in [6.07, 6.45) is 1.29. The van der Waals surface area contributed by atoms with Crippen LogP contribution in [0.3, 0.4) is 0 Å². The number of carboxylic acid groups (broad SMARTS) is 1.